The van der Waals surface area contributed by atoms with Gasteiger partial charge in [-0.3, -0.25) is 4.68 Å². The molecule has 1 N–H and O–H groups in total. The van der Waals surface area contributed by atoms with E-state index in [2.05, 4.69) is 98.0 Å². The standard InChI is InChI=1S/C24H53N3O4SSi3/c1-22(2,3)33(10,11)26-32(28,29)21-18-20(19-31-35(14,15)24(7,8)9)27(25-21)16-17-30-34(12,13)23(4,5)6/h18,26H,16-17,19H2,1-15H3. The first-order chi connectivity index (χ1) is 15.2. The Hall–Kier alpha value is -0.309. The van der Waals surface area contributed by atoms with Crippen LogP contribution in [0, 0.1) is 0 Å². The number of nitrogens with one attached hydrogen (secondary N) is 1. The van der Waals surface area contributed by atoms with Crippen molar-refractivity contribution in [2.75, 3.05) is 6.61 Å². The van der Waals surface area contributed by atoms with E-state index >= 15 is 0 Å². The average molecular weight is 564 g/mol. The lowest BCUT2D eigenvalue weighted by molar-refractivity contribution is 0.242. The smallest absolute Gasteiger partial charge is 0.253 e. The van der Waals surface area contributed by atoms with Gasteiger partial charge in [-0.15, -0.1) is 0 Å². The quantitative estimate of drug-likeness (QED) is 0.320. The van der Waals surface area contributed by atoms with E-state index in [1.807, 2.05) is 13.1 Å². The molecule has 0 aliphatic carbocycles. The maximum atomic E-state index is 13.4. The third-order valence-electron chi connectivity index (χ3n) is 8.34. The highest BCUT2D eigenvalue weighted by molar-refractivity contribution is 7.90. The first-order valence-corrected chi connectivity index (χ1v) is 22.9. The zero-order chi connectivity index (χ0) is 27.9. The van der Waals surface area contributed by atoms with Gasteiger partial charge in [0, 0.05) is 6.07 Å². The van der Waals surface area contributed by atoms with E-state index in [-0.39, 0.29) is 20.1 Å². The molecule has 35 heavy (non-hydrogen) atoms. The zero-order valence-electron chi connectivity index (χ0n) is 25.1. The molecule has 1 aromatic rings. The molecule has 1 rings (SSSR count). The SMILES string of the molecule is CC(C)(C)[Si](C)(C)NS(=O)(=O)c1cc(CO[Si](C)(C)C(C)(C)C)n(CCO[Si](C)(C)C(C)(C)C)n1. The minimum Gasteiger partial charge on any atom is -0.415 e. The Morgan fingerprint density at radius 2 is 1.29 bits per heavy atom. The lowest BCUT2D eigenvalue weighted by Crippen LogP contribution is -2.54. The predicted octanol–water partition coefficient (Wildman–Crippen LogP) is 6.71. The number of hydrogen-bond acceptors (Lipinski definition) is 5. The van der Waals surface area contributed by atoms with Gasteiger partial charge in [-0.05, 0) is 41.3 Å². The summed E-state index contributed by atoms with van der Waals surface area (Å²) in [6.45, 7) is 33.7. The van der Waals surface area contributed by atoms with Crippen molar-refractivity contribution >= 4 is 34.9 Å². The number of sulfonamides is 1. The van der Waals surface area contributed by atoms with Gasteiger partial charge in [0.2, 0.25) is 0 Å². The third-order valence-corrected chi connectivity index (χ3v) is 25.0. The van der Waals surface area contributed by atoms with Gasteiger partial charge in [0.05, 0.1) is 25.5 Å². The van der Waals surface area contributed by atoms with Crippen LogP contribution in [0.1, 0.15) is 68.0 Å². The van der Waals surface area contributed by atoms with E-state index < -0.39 is 34.9 Å². The molecule has 1 aromatic heterocycles. The van der Waals surface area contributed by atoms with Crippen molar-refractivity contribution in [1.82, 2.24) is 14.2 Å². The molecule has 206 valence electrons. The highest BCUT2D eigenvalue weighted by Gasteiger charge is 2.41. The molecule has 0 aliphatic rings. The van der Waals surface area contributed by atoms with E-state index in [1.165, 1.54) is 0 Å². The van der Waals surface area contributed by atoms with E-state index in [1.54, 1.807) is 10.7 Å². The first-order valence-electron chi connectivity index (χ1n) is 12.6. The number of nitrogens with zero attached hydrogens (tertiary/aromatic N) is 2. The topological polar surface area (TPSA) is 82.5 Å². The second kappa shape index (κ2) is 10.5. The second-order valence-electron chi connectivity index (χ2n) is 14.3. The van der Waals surface area contributed by atoms with Gasteiger partial charge in [0.15, 0.2) is 21.7 Å². The maximum absolute atomic E-state index is 13.4. The van der Waals surface area contributed by atoms with Crippen LogP contribution in [0.2, 0.25) is 54.4 Å². The monoisotopic (exact) mass is 563 g/mol. The van der Waals surface area contributed by atoms with Gasteiger partial charge in [0.25, 0.3) is 10.0 Å². The molecule has 0 unspecified atom stereocenters. The average Bonchev–Trinajstić information content (AvgIpc) is 3.00. The van der Waals surface area contributed by atoms with Crippen molar-refractivity contribution < 1.29 is 17.3 Å². The third kappa shape index (κ3) is 8.34. The minimum absolute atomic E-state index is 0.0576. The lowest BCUT2D eigenvalue weighted by Gasteiger charge is -2.36. The molecule has 11 heteroatoms. The van der Waals surface area contributed by atoms with Gasteiger partial charge < -0.3 is 8.85 Å². The number of hydrogen-bond donors (Lipinski definition) is 1. The normalized spacial score (nSPS) is 15.1. The van der Waals surface area contributed by atoms with Crippen molar-refractivity contribution in [3.8, 4) is 0 Å². The summed E-state index contributed by atoms with van der Waals surface area (Å²) >= 11 is 0. The molecule has 7 nitrogen and oxygen atoms in total. The summed E-state index contributed by atoms with van der Waals surface area (Å²) in [7, 11) is -10.0. The van der Waals surface area contributed by atoms with E-state index in [0.717, 1.165) is 5.69 Å². The van der Waals surface area contributed by atoms with Crippen LogP contribution in [-0.4, -0.2) is 49.7 Å². The Labute approximate surface area is 219 Å². The molecule has 0 saturated carbocycles. The van der Waals surface area contributed by atoms with Crippen LogP contribution in [0.4, 0.5) is 0 Å². The fourth-order valence-electron chi connectivity index (χ4n) is 2.49. The summed E-state index contributed by atoms with van der Waals surface area (Å²) < 4.78 is 44.3. The minimum atomic E-state index is -3.76. The largest absolute Gasteiger partial charge is 0.415 e. The lowest BCUT2D eigenvalue weighted by atomic mass is 10.2. The molecule has 1 heterocycles. The summed E-state index contributed by atoms with van der Waals surface area (Å²) in [6, 6.07) is 1.68. The van der Waals surface area contributed by atoms with E-state index in [0.29, 0.717) is 19.8 Å². The molecule has 0 aliphatic heterocycles. The first kappa shape index (κ1) is 32.7. The van der Waals surface area contributed by atoms with Crippen molar-refractivity contribution in [3.63, 3.8) is 0 Å². The summed E-state index contributed by atoms with van der Waals surface area (Å²) in [5, 5.41) is 4.64. The van der Waals surface area contributed by atoms with Crippen LogP contribution >= 0.6 is 0 Å². The molecular weight excluding hydrogens is 511 g/mol. The van der Waals surface area contributed by atoms with Crippen LogP contribution in [0.3, 0.4) is 0 Å². The Morgan fingerprint density at radius 3 is 1.71 bits per heavy atom. The van der Waals surface area contributed by atoms with Crippen LogP contribution in [0.15, 0.2) is 11.1 Å². The zero-order valence-corrected chi connectivity index (χ0v) is 29.0. The van der Waals surface area contributed by atoms with Gasteiger partial charge in [-0.2, -0.15) is 5.10 Å². The van der Waals surface area contributed by atoms with Crippen LogP contribution in [0.5, 0.6) is 0 Å². The van der Waals surface area contributed by atoms with Crippen molar-refractivity contribution in [2.24, 2.45) is 0 Å². The van der Waals surface area contributed by atoms with Crippen molar-refractivity contribution in [2.45, 2.75) is 135 Å². The summed E-state index contributed by atoms with van der Waals surface area (Å²) in [5.74, 6) is 0. The molecule has 0 radical (unpaired) electrons. The summed E-state index contributed by atoms with van der Waals surface area (Å²) in [5.41, 5.74) is 0.768. The fourth-order valence-corrected chi connectivity index (χ4v) is 9.29. The molecule has 0 atom stereocenters. The highest BCUT2D eigenvalue weighted by Crippen LogP contribution is 2.38. The Bertz CT molecular complexity index is 968. The molecule has 0 aromatic carbocycles. The summed E-state index contributed by atoms with van der Waals surface area (Å²) in [6.07, 6.45) is 0. The van der Waals surface area contributed by atoms with Crippen LogP contribution < -0.4 is 4.39 Å². The highest BCUT2D eigenvalue weighted by atomic mass is 32.2. The summed E-state index contributed by atoms with van der Waals surface area (Å²) in [4.78, 5) is 0. The van der Waals surface area contributed by atoms with Gasteiger partial charge >= 0.3 is 0 Å². The fraction of sp³-hybridized carbons (Fsp3) is 0.875. The maximum Gasteiger partial charge on any atom is 0.253 e. The van der Waals surface area contributed by atoms with Crippen molar-refractivity contribution in [3.05, 3.63) is 11.8 Å². The number of aromatic nitrogens is 2. The number of rotatable bonds is 10. The Balaban J connectivity index is 3.29. The molecule has 0 bridgehead atoms. The molecule has 0 amide bonds. The van der Waals surface area contributed by atoms with E-state index in [4.69, 9.17) is 8.85 Å². The molecule has 0 fully saturated rings. The van der Waals surface area contributed by atoms with E-state index in [9.17, 15) is 8.42 Å². The van der Waals surface area contributed by atoms with Crippen molar-refractivity contribution in [1.29, 1.82) is 0 Å². The predicted molar refractivity (Wildman–Crippen MR) is 155 cm³/mol. The van der Waals surface area contributed by atoms with Gasteiger partial charge in [-0.25, -0.2) is 12.8 Å². The molecular formula is C24H53N3O4SSi3. The van der Waals surface area contributed by atoms with Crippen LogP contribution in [0.25, 0.3) is 0 Å². The van der Waals surface area contributed by atoms with Crippen LogP contribution in [-0.2, 0) is 32.0 Å². The Morgan fingerprint density at radius 1 is 0.829 bits per heavy atom. The molecule has 0 saturated heterocycles. The second-order valence-corrected chi connectivity index (χ2v) is 30.9. The van der Waals surface area contributed by atoms with Gasteiger partial charge in [-0.1, -0.05) is 75.4 Å². The Kier molecular flexibility index (Phi) is 9.77. The molecule has 0 spiro atoms. The van der Waals surface area contributed by atoms with Gasteiger partial charge in [0.1, 0.15) is 8.24 Å².